The fourth-order valence-corrected chi connectivity index (χ4v) is 7.78. The molecule has 0 N–H and O–H groups in total. The molecule has 4 aliphatic carbocycles. The van der Waals surface area contributed by atoms with Gasteiger partial charge < -0.3 is 9.47 Å². The quantitative estimate of drug-likeness (QED) is 0.436. The largest absolute Gasteiger partial charge is 0.347 e. The van der Waals surface area contributed by atoms with Gasteiger partial charge in [-0.3, -0.25) is 0 Å². The lowest BCUT2D eigenvalue weighted by molar-refractivity contribution is -0.242. The zero-order valence-electron chi connectivity index (χ0n) is 15.2. The smallest absolute Gasteiger partial charge is 0.174 e. The van der Waals surface area contributed by atoms with Crippen molar-refractivity contribution in [2.24, 2.45) is 28.6 Å². The fourth-order valence-electron chi connectivity index (χ4n) is 7.50. The molecule has 1 saturated heterocycles. The van der Waals surface area contributed by atoms with Crippen molar-refractivity contribution in [2.75, 3.05) is 13.2 Å². The molecule has 5 aliphatic rings. The van der Waals surface area contributed by atoms with Gasteiger partial charge in [0.1, 0.15) is 0 Å². The van der Waals surface area contributed by atoms with Crippen LogP contribution in [0.3, 0.4) is 0 Å². The molecular weight excluding hydrogens is 320 g/mol. The van der Waals surface area contributed by atoms with E-state index in [1.54, 1.807) is 5.57 Å². The second-order valence-corrected chi connectivity index (χ2v) is 10.2. The van der Waals surface area contributed by atoms with Crippen molar-refractivity contribution in [2.45, 2.75) is 76.4 Å². The molecule has 1 aliphatic heterocycles. The molecule has 1 spiro atoms. The number of rotatable bonds is 0. The van der Waals surface area contributed by atoms with Gasteiger partial charge in [0.25, 0.3) is 0 Å². The summed E-state index contributed by atoms with van der Waals surface area (Å²) in [6.07, 6.45) is 12.5. The van der Waals surface area contributed by atoms with Crippen molar-refractivity contribution < 1.29 is 9.47 Å². The fraction of sp³-hybridized carbons (Fsp3) is 0.905. The summed E-state index contributed by atoms with van der Waals surface area (Å²) in [4.78, 5) is 0. The Kier molecular flexibility index (Phi) is 3.52. The number of alkyl halides is 1. The standard InChI is InChI=1S/C21H31ClO2/c1-19-8-5-15(22)13-14(19)3-4-16-17(19)6-9-20(2)18(16)7-10-21(20)23-11-12-24-21/h3,15-18H,4-13H2,1-2H3/t15-,16-,17+,18-,19-,20-/m1/s1. The molecule has 6 atom stereocenters. The first-order valence-corrected chi connectivity index (χ1v) is 10.5. The van der Waals surface area contributed by atoms with Crippen LogP contribution < -0.4 is 0 Å². The third kappa shape index (κ3) is 1.91. The number of allylic oxidation sites excluding steroid dienone is 2. The minimum absolute atomic E-state index is 0.218. The highest BCUT2D eigenvalue weighted by molar-refractivity contribution is 6.20. The lowest BCUT2D eigenvalue weighted by Crippen LogP contribution is -2.54. The molecule has 5 rings (SSSR count). The Bertz CT molecular complexity index is 566. The Morgan fingerprint density at radius 1 is 1.00 bits per heavy atom. The van der Waals surface area contributed by atoms with Gasteiger partial charge in [0, 0.05) is 17.2 Å². The molecule has 24 heavy (non-hydrogen) atoms. The second-order valence-electron chi connectivity index (χ2n) is 9.54. The van der Waals surface area contributed by atoms with E-state index in [2.05, 4.69) is 19.9 Å². The van der Waals surface area contributed by atoms with Crippen molar-refractivity contribution in [1.82, 2.24) is 0 Å². The monoisotopic (exact) mass is 350 g/mol. The lowest BCUT2D eigenvalue weighted by Gasteiger charge is -2.58. The summed E-state index contributed by atoms with van der Waals surface area (Å²) in [5.41, 5.74) is 2.30. The van der Waals surface area contributed by atoms with Crippen LogP contribution >= 0.6 is 11.6 Å². The van der Waals surface area contributed by atoms with E-state index in [1.807, 2.05) is 0 Å². The van der Waals surface area contributed by atoms with Crippen molar-refractivity contribution in [3.05, 3.63) is 11.6 Å². The summed E-state index contributed by atoms with van der Waals surface area (Å²) in [6, 6.07) is 0. The van der Waals surface area contributed by atoms with E-state index in [-0.39, 0.29) is 11.2 Å². The molecule has 4 fully saturated rings. The Morgan fingerprint density at radius 2 is 1.75 bits per heavy atom. The number of halogens is 1. The molecule has 134 valence electrons. The van der Waals surface area contributed by atoms with Gasteiger partial charge in [-0.1, -0.05) is 25.5 Å². The van der Waals surface area contributed by atoms with Crippen LogP contribution in [-0.2, 0) is 9.47 Å². The maximum Gasteiger partial charge on any atom is 0.174 e. The van der Waals surface area contributed by atoms with Crippen molar-refractivity contribution in [3.8, 4) is 0 Å². The first kappa shape index (κ1) is 16.1. The Hall–Kier alpha value is -0.0500. The molecule has 0 bridgehead atoms. The average Bonchev–Trinajstić information content (AvgIpc) is 3.15. The SMILES string of the molecule is C[C@@]12CC[C@@H](Cl)CC1=CC[C@H]1[C@H]3CCC4(OCCO4)[C@]3(C)CC[C@@H]12. The van der Waals surface area contributed by atoms with Crippen LogP contribution in [0, 0.1) is 28.6 Å². The number of hydrogen-bond donors (Lipinski definition) is 0. The molecule has 0 amide bonds. The number of ether oxygens (including phenoxy) is 2. The van der Waals surface area contributed by atoms with Crippen LogP contribution in [0.1, 0.15) is 65.2 Å². The zero-order chi connectivity index (χ0) is 16.6. The highest BCUT2D eigenvalue weighted by Gasteiger charge is 2.66. The summed E-state index contributed by atoms with van der Waals surface area (Å²) in [7, 11) is 0. The molecule has 0 aromatic heterocycles. The zero-order valence-corrected chi connectivity index (χ0v) is 15.9. The van der Waals surface area contributed by atoms with E-state index in [9.17, 15) is 0 Å². The Labute approximate surface area is 151 Å². The first-order valence-electron chi connectivity index (χ1n) is 10.1. The van der Waals surface area contributed by atoms with Gasteiger partial charge in [-0.2, -0.15) is 0 Å². The topological polar surface area (TPSA) is 18.5 Å². The van der Waals surface area contributed by atoms with Crippen LogP contribution in [0.15, 0.2) is 11.6 Å². The molecule has 3 saturated carbocycles. The first-order chi connectivity index (χ1) is 11.5. The van der Waals surface area contributed by atoms with Gasteiger partial charge in [-0.05, 0) is 68.1 Å². The summed E-state index contributed by atoms with van der Waals surface area (Å²) in [6.45, 7) is 6.60. The minimum atomic E-state index is -0.263. The maximum atomic E-state index is 6.49. The van der Waals surface area contributed by atoms with Crippen LogP contribution in [0.2, 0.25) is 0 Å². The molecule has 1 heterocycles. The van der Waals surface area contributed by atoms with Crippen molar-refractivity contribution >= 4 is 11.6 Å². The third-order valence-electron chi connectivity index (χ3n) is 8.84. The molecule has 2 nitrogen and oxygen atoms in total. The highest BCUT2D eigenvalue weighted by atomic mass is 35.5. The normalized spacial score (nSPS) is 52.5. The average molecular weight is 351 g/mol. The van der Waals surface area contributed by atoms with Crippen molar-refractivity contribution in [3.63, 3.8) is 0 Å². The van der Waals surface area contributed by atoms with E-state index in [1.165, 1.54) is 38.5 Å². The van der Waals surface area contributed by atoms with E-state index < -0.39 is 0 Å². The van der Waals surface area contributed by atoms with Gasteiger partial charge in [0.05, 0.1) is 13.2 Å². The summed E-state index contributed by atoms with van der Waals surface area (Å²) >= 11 is 6.49. The second kappa shape index (κ2) is 5.24. The number of hydrogen-bond acceptors (Lipinski definition) is 2. The summed E-state index contributed by atoms with van der Waals surface area (Å²) < 4.78 is 12.5. The molecule has 0 unspecified atom stereocenters. The van der Waals surface area contributed by atoms with Gasteiger partial charge in [0.15, 0.2) is 5.79 Å². The van der Waals surface area contributed by atoms with Gasteiger partial charge in [-0.25, -0.2) is 0 Å². The maximum absolute atomic E-state index is 6.49. The van der Waals surface area contributed by atoms with Crippen LogP contribution in [0.5, 0.6) is 0 Å². The molecule has 3 heteroatoms. The van der Waals surface area contributed by atoms with Gasteiger partial charge in [0.2, 0.25) is 0 Å². The predicted molar refractivity (Wildman–Crippen MR) is 96.0 cm³/mol. The van der Waals surface area contributed by atoms with E-state index >= 15 is 0 Å². The Balaban J connectivity index is 1.49. The third-order valence-corrected chi connectivity index (χ3v) is 9.21. The minimum Gasteiger partial charge on any atom is -0.347 e. The van der Waals surface area contributed by atoms with Gasteiger partial charge in [-0.15, -0.1) is 11.6 Å². The van der Waals surface area contributed by atoms with E-state index in [0.717, 1.165) is 43.8 Å². The number of fused-ring (bicyclic) bond motifs is 6. The highest BCUT2D eigenvalue weighted by Crippen LogP contribution is 2.68. The molecular formula is C21H31ClO2. The van der Waals surface area contributed by atoms with E-state index in [4.69, 9.17) is 21.1 Å². The lowest BCUT2D eigenvalue weighted by atomic mass is 9.48. The summed E-state index contributed by atoms with van der Waals surface area (Å²) in [5, 5.41) is 0.366. The van der Waals surface area contributed by atoms with Crippen molar-refractivity contribution in [1.29, 1.82) is 0 Å². The predicted octanol–water partition coefficient (Wildman–Crippen LogP) is 5.30. The molecule has 0 radical (unpaired) electrons. The van der Waals surface area contributed by atoms with E-state index in [0.29, 0.717) is 10.8 Å². The molecule has 0 aromatic carbocycles. The van der Waals surface area contributed by atoms with Crippen LogP contribution in [0.25, 0.3) is 0 Å². The van der Waals surface area contributed by atoms with Crippen LogP contribution in [-0.4, -0.2) is 24.4 Å². The molecule has 0 aromatic rings. The van der Waals surface area contributed by atoms with Gasteiger partial charge >= 0.3 is 0 Å². The van der Waals surface area contributed by atoms with Crippen LogP contribution in [0.4, 0.5) is 0 Å². The Morgan fingerprint density at radius 3 is 2.54 bits per heavy atom. The summed E-state index contributed by atoms with van der Waals surface area (Å²) in [5.74, 6) is 2.16.